The van der Waals surface area contributed by atoms with Gasteiger partial charge in [0.2, 0.25) is 41.4 Å². The Morgan fingerprint density at radius 3 is 2.00 bits per heavy atom. The van der Waals surface area contributed by atoms with Gasteiger partial charge in [-0.1, -0.05) is 32.0 Å². The summed E-state index contributed by atoms with van der Waals surface area (Å²) in [5, 5.41) is 22.0. The van der Waals surface area contributed by atoms with Crippen LogP contribution in [0.4, 0.5) is 0 Å². The SMILES string of the molecule is CC(=O)N[C@@H](CC(=O)O)C(=O)N[C@@H](CCC(N)=O)C(=O)N[C@@H](Cc1c[nH]c2ccccc12)C(=O)N[C@H](C(=O)NCC(N)=O)C(C)C. The van der Waals surface area contributed by atoms with E-state index in [2.05, 4.69) is 31.6 Å². The lowest BCUT2D eigenvalue weighted by atomic mass is 10.00. The number of primary amides is 2. The molecule has 1 aromatic heterocycles. The first kappa shape index (κ1) is 36.7. The van der Waals surface area contributed by atoms with Crippen LogP contribution in [0.1, 0.15) is 45.6 Å². The molecule has 1 heterocycles. The van der Waals surface area contributed by atoms with Crippen molar-refractivity contribution < 1.29 is 43.5 Å². The lowest BCUT2D eigenvalue weighted by Gasteiger charge is -2.27. The number of benzene rings is 1. The van der Waals surface area contributed by atoms with Crippen molar-refractivity contribution in [1.29, 1.82) is 0 Å². The predicted octanol–water partition coefficient (Wildman–Crippen LogP) is -2.33. The van der Waals surface area contributed by atoms with Gasteiger partial charge in [-0.25, -0.2) is 0 Å². The van der Waals surface area contributed by atoms with Gasteiger partial charge in [-0.2, -0.15) is 0 Å². The molecule has 4 atom stereocenters. The number of fused-ring (bicyclic) bond motifs is 1. The molecule has 17 nitrogen and oxygen atoms in total. The quantitative estimate of drug-likeness (QED) is 0.0840. The third-order valence-electron chi connectivity index (χ3n) is 6.80. The standard InChI is InChI=1S/C29H40N8O9/c1-14(2)25(29(46)33-13-23(31)40)37-28(45)20(10-16-12-32-18-7-5-4-6-17(16)18)36-26(43)19(8-9-22(30)39)35-27(44)21(11-24(41)42)34-15(3)38/h4-7,12,14,19-21,25,32H,8-11,13H2,1-3H3,(H2,30,39)(H2,31,40)(H,33,46)(H,34,38)(H,35,44)(H,36,43)(H,37,45)(H,41,42)/t19-,20-,21-,25-/m0/s1. The molecule has 0 aliphatic carbocycles. The summed E-state index contributed by atoms with van der Waals surface area (Å²) in [6.45, 7) is 3.92. The van der Waals surface area contributed by atoms with Crippen LogP contribution in [0.2, 0.25) is 0 Å². The average molecular weight is 645 g/mol. The van der Waals surface area contributed by atoms with E-state index in [0.29, 0.717) is 5.56 Å². The number of aromatic amines is 1. The highest BCUT2D eigenvalue weighted by atomic mass is 16.4. The van der Waals surface area contributed by atoms with Crippen LogP contribution in [0.15, 0.2) is 30.5 Å². The third kappa shape index (κ3) is 11.5. The molecule has 2 rings (SSSR count). The van der Waals surface area contributed by atoms with Gasteiger partial charge in [-0.3, -0.25) is 38.4 Å². The zero-order valence-corrected chi connectivity index (χ0v) is 25.7. The number of H-pyrrole nitrogens is 1. The van der Waals surface area contributed by atoms with Gasteiger partial charge >= 0.3 is 5.97 Å². The molecule has 0 saturated carbocycles. The number of carbonyl (C=O) groups is 8. The van der Waals surface area contributed by atoms with Gasteiger partial charge in [-0.05, 0) is 24.0 Å². The van der Waals surface area contributed by atoms with Crippen LogP contribution in [-0.4, -0.2) is 88.1 Å². The van der Waals surface area contributed by atoms with E-state index in [1.165, 1.54) is 0 Å². The Bertz CT molecular complexity index is 1460. The Hall–Kier alpha value is -5.48. The van der Waals surface area contributed by atoms with Crippen LogP contribution in [0.3, 0.4) is 0 Å². The second-order valence-corrected chi connectivity index (χ2v) is 11.0. The molecule has 1 aromatic carbocycles. The van der Waals surface area contributed by atoms with Gasteiger partial charge in [-0.15, -0.1) is 0 Å². The van der Waals surface area contributed by atoms with E-state index in [1.54, 1.807) is 38.2 Å². The van der Waals surface area contributed by atoms with Crippen LogP contribution in [0.25, 0.3) is 10.9 Å². The Morgan fingerprint density at radius 2 is 1.41 bits per heavy atom. The van der Waals surface area contributed by atoms with Crippen molar-refractivity contribution in [3.63, 3.8) is 0 Å². The van der Waals surface area contributed by atoms with Crippen molar-refractivity contribution >= 4 is 58.2 Å². The van der Waals surface area contributed by atoms with Gasteiger partial charge in [0.15, 0.2) is 0 Å². The Balaban J connectivity index is 2.41. The molecule has 0 aliphatic heterocycles. The summed E-state index contributed by atoms with van der Waals surface area (Å²) in [4.78, 5) is 102. The maximum Gasteiger partial charge on any atom is 0.305 e. The molecular formula is C29H40N8O9. The maximum absolute atomic E-state index is 13.7. The van der Waals surface area contributed by atoms with Gasteiger partial charge in [0.05, 0.1) is 13.0 Å². The van der Waals surface area contributed by atoms with Crippen LogP contribution in [0.5, 0.6) is 0 Å². The molecular weight excluding hydrogens is 604 g/mol. The highest BCUT2D eigenvalue weighted by molar-refractivity contribution is 5.97. The first-order valence-corrected chi connectivity index (χ1v) is 14.4. The summed E-state index contributed by atoms with van der Waals surface area (Å²) in [6, 6.07) is 1.69. The first-order chi connectivity index (χ1) is 21.6. The molecule has 2 aromatic rings. The van der Waals surface area contributed by atoms with Gasteiger partial charge in [0.25, 0.3) is 0 Å². The fourth-order valence-electron chi connectivity index (χ4n) is 4.53. The lowest BCUT2D eigenvalue weighted by molar-refractivity contribution is -0.141. The molecule has 11 N–H and O–H groups in total. The number of para-hydroxylation sites is 1. The first-order valence-electron chi connectivity index (χ1n) is 14.4. The van der Waals surface area contributed by atoms with Crippen molar-refractivity contribution in [2.75, 3.05) is 6.54 Å². The molecule has 0 spiro atoms. The Morgan fingerprint density at radius 1 is 0.804 bits per heavy atom. The second-order valence-electron chi connectivity index (χ2n) is 11.0. The third-order valence-corrected chi connectivity index (χ3v) is 6.80. The fourth-order valence-corrected chi connectivity index (χ4v) is 4.53. The molecule has 0 bridgehead atoms. The van der Waals surface area contributed by atoms with Crippen molar-refractivity contribution in [3.05, 3.63) is 36.0 Å². The Kier molecular flexibility index (Phi) is 13.7. The normalized spacial score (nSPS) is 13.5. The van der Waals surface area contributed by atoms with E-state index in [1.807, 2.05) is 6.07 Å². The van der Waals surface area contributed by atoms with E-state index < -0.39 is 90.4 Å². The topological polar surface area (TPSA) is 285 Å². The highest BCUT2D eigenvalue weighted by Gasteiger charge is 2.33. The minimum atomic E-state index is -1.55. The molecule has 17 heteroatoms. The van der Waals surface area contributed by atoms with Crippen molar-refractivity contribution in [2.24, 2.45) is 17.4 Å². The van der Waals surface area contributed by atoms with Crippen LogP contribution < -0.4 is 38.1 Å². The molecule has 250 valence electrons. The predicted molar refractivity (Wildman–Crippen MR) is 163 cm³/mol. The number of carbonyl (C=O) groups excluding carboxylic acids is 7. The molecule has 0 unspecified atom stereocenters. The van der Waals surface area contributed by atoms with Gasteiger partial charge in [0.1, 0.15) is 24.2 Å². The number of nitrogens with two attached hydrogens (primary N) is 2. The summed E-state index contributed by atoms with van der Waals surface area (Å²) in [5.41, 5.74) is 11.8. The summed E-state index contributed by atoms with van der Waals surface area (Å²) >= 11 is 0. The second kappa shape index (κ2) is 17.1. The van der Waals surface area contributed by atoms with Crippen LogP contribution in [-0.2, 0) is 44.8 Å². The molecule has 46 heavy (non-hydrogen) atoms. The maximum atomic E-state index is 13.7. The van der Waals surface area contributed by atoms with Crippen molar-refractivity contribution in [2.45, 2.75) is 70.6 Å². The monoisotopic (exact) mass is 644 g/mol. The highest BCUT2D eigenvalue weighted by Crippen LogP contribution is 2.19. The zero-order valence-electron chi connectivity index (χ0n) is 25.7. The number of aromatic nitrogens is 1. The minimum absolute atomic E-state index is 0.0840. The summed E-state index contributed by atoms with van der Waals surface area (Å²) < 4.78 is 0. The van der Waals surface area contributed by atoms with Crippen LogP contribution >= 0.6 is 0 Å². The molecule has 0 saturated heterocycles. The smallest absolute Gasteiger partial charge is 0.305 e. The van der Waals surface area contributed by atoms with E-state index in [9.17, 15) is 43.5 Å². The number of hydrogen-bond donors (Lipinski definition) is 9. The average Bonchev–Trinajstić information content (AvgIpc) is 3.37. The fraction of sp³-hybridized carbons (Fsp3) is 0.448. The number of carboxylic acids is 1. The summed E-state index contributed by atoms with van der Waals surface area (Å²) in [6.07, 6.45) is 0.0803. The number of nitrogens with one attached hydrogen (secondary N) is 6. The largest absolute Gasteiger partial charge is 0.481 e. The minimum Gasteiger partial charge on any atom is -0.481 e. The number of aliphatic carboxylic acids is 1. The van der Waals surface area contributed by atoms with Crippen LogP contribution in [0, 0.1) is 5.92 Å². The molecule has 7 amide bonds. The number of rotatable bonds is 18. The Labute approximate surface area is 264 Å². The van der Waals surface area contributed by atoms with E-state index >= 15 is 0 Å². The number of amides is 7. The van der Waals surface area contributed by atoms with Crippen molar-refractivity contribution in [1.82, 2.24) is 31.6 Å². The van der Waals surface area contributed by atoms with E-state index in [0.717, 1.165) is 17.8 Å². The van der Waals surface area contributed by atoms with Gasteiger partial charge < -0.3 is 48.1 Å². The molecule has 0 fully saturated rings. The summed E-state index contributed by atoms with van der Waals surface area (Å²) in [5.74, 6) is -7.57. The van der Waals surface area contributed by atoms with Crippen molar-refractivity contribution in [3.8, 4) is 0 Å². The zero-order chi connectivity index (χ0) is 34.6. The number of hydrogen-bond acceptors (Lipinski definition) is 8. The lowest BCUT2D eigenvalue weighted by Crippen LogP contribution is -2.59. The summed E-state index contributed by atoms with van der Waals surface area (Å²) in [7, 11) is 0. The van der Waals surface area contributed by atoms with E-state index in [-0.39, 0.29) is 19.3 Å². The number of carboxylic acid groups (broad SMARTS) is 1. The van der Waals surface area contributed by atoms with Gasteiger partial charge in [0, 0.05) is 36.9 Å². The van der Waals surface area contributed by atoms with E-state index in [4.69, 9.17) is 11.5 Å². The molecule has 0 radical (unpaired) electrons. The molecule has 0 aliphatic rings.